The summed E-state index contributed by atoms with van der Waals surface area (Å²) in [7, 11) is 1.56. The number of hydrogen-bond donors (Lipinski definition) is 2. The molecule has 1 aromatic carbocycles. The zero-order valence-electron chi connectivity index (χ0n) is 12.4. The Bertz CT molecular complexity index is 438. The molecule has 0 aromatic heterocycles. The van der Waals surface area contributed by atoms with Crippen LogP contribution in [0.3, 0.4) is 0 Å². The topological polar surface area (TPSA) is 67.8 Å². The summed E-state index contributed by atoms with van der Waals surface area (Å²) in [5.74, 6) is 1.08. The van der Waals surface area contributed by atoms with E-state index in [2.05, 4.69) is 5.32 Å². The van der Waals surface area contributed by atoms with Gasteiger partial charge in [0.1, 0.15) is 5.75 Å². The molecule has 0 unspecified atom stereocenters. The van der Waals surface area contributed by atoms with Crippen LogP contribution in [0.2, 0.25) is 0 Å². The van der Waals surface area contributed by atoms with Crippen LogP contribution in [-0.2, 0) is 4.74 Å². The summed E-state index contributed by atoms with van der Waals surface area (Å²) in [4.78, 5) is 12.1. The number of hydrogen-bond acceptors (Lipinski definition) is 4. The molecule has 0 heterocycles. The number of methoxy groups -OCH3 is 1. The third-order valence-corrected chi connectivity index (χ3v) is 3.83. The van der Waals surface area contributed by atoms with Crippen LogP contribution in [0.4, 0.5) is 0 Å². The summed E-state index contributed by atoms with van der Waals surface area (Å²) in [6, 6.07) is 6.99. The number of nitrogens with one attached hydrogen (secondary N) is 1. The lowest BCUT2D eigenvalue weighted by Gasteiger charge is -2.25. The summed E-state index contributed by atoms with van der Waals surface area (Å²) in [6.45, 7) is 0.868. The van der Waals surface area contributed by atoms with Crippen LogP contribution in [-0.4, -0.2) is 37.6 Å². The second-order valence-electron chi connectivity index (χ2n) is 5.46. The lowest BCUT2D eigenvalue weighted by atomic mass is 9.87. The zero-order chi connectivity index (χ0) is 15.1. The molecule has 0 spiro atoms. The largest absolute Gasteiger partial charge is 0.468 e. The van der Waals surface area contributed by atoms with Crippen LogP contribution in [0.25, 0.3) is 0 Å². The fourth-order valence-electron chi connectivity index (χ4n) is 2.52. The average Bonchev–Trinajstić information content (AvgIpc) is 2.52. The highest BCUT2D eigenvalue weighted by atomic mass is 16.7. The summed E-state index contributed by atoms with van der Waals surface area (Å²) in [5.41, 5.74) is 0.621. The predicted octanol–water partition coefficient (Wildman–Crippen LogP) is 1.95. The van der Waals surface area contributed by atoms with E-state index in [1.54, 1.807) is 31.4 Å². The molecule has 0 saturated heterocycles. The lowest BCUT2D eigenvalue weighted by Crippen LogP contribution is -2.32. The van der Waals surface area contributed by atoms with Crippen molar-refractivity contribution in [2.75, 3.05) is 20.4 Å². The molecule has 21 heavy (non-hydrogen) atoms. The quantitative estimate of drug-likeness (QED) is 0.787. The highest BCUT2D eigenvalue weighted by molar-refractivity contribution is 5.94. The molecular weight excluding hydrogens is 270 g/mol. The van der Waals surface area contributed by atoms with Gasteiger partial charge in [0.25, 0.3) is 5.91 Å². The van der Waals surface area contributed by atoms with E-state index in [4.69, 9.17) is 9.47 Å². The molecule has 0 aliphatic heterocycles. The molecule has 0 bridgehead atoms. The molecule has 2 N–H and O–H groups in total. The van der Waals surface area contributed by atoms with Gasteiger partial charge in [-0.3, -0.25) is 4.79 Å². The fraction of sp³-hybridized carbons (Fsp3) is 0.562. The SMILES string of the molecule is COCOc1ccc(C(=O)NC[C@H]2CC[C@@H](O)CC2)cc1. The van der Waals surface area contributed by atoms with Crippen molar-refractivity contribution in [3.8, 4) is 5.75 Å². The predicted molar refractivity (Wildman–Crippen MR) is 79.2 cm³/mol. The molecule has 1 aromatic rings. The molecule has 5 nitrogen and oxygen atoms in total. The van der Waals surface area contributed by atoms with Crippen LogP contribution in [0.5, 0.6) is 5.75 Å². The summed E-state index contributed by atoms with van der Waals surface area (Å²) in [5, 5.41) is 12.4. The highest BCUT2D eigenvalue weighted by Gasteiger charge is 2.19. The van der Waals surface area contributed by atoms with Crippen LogP contribution < -0.4 is 10.1 Å². The first-order valence-corrected chi connectivity index (χ1v) is 7.37. The van der Waals surface area contributed by atoms with Gasteiger partial charge >= 0.3 is 0 Å². The Labute approximate surface area is 125 Å². The van der Waals surface area contributed by atoms with Crippen molar-refractivity contribution in [3.05, 3.63) is 29.8 Å². The molecule has 0 radical (unpaired) electrons. The van der Waals surface area contributed by atoms with Crippen LogP contribution in [0.1, 0.15) is 36.0 Å². The summed E-state index contributed by atoms with van der Waals surface area (Å²) >= 11 is 0. The Kier molecular flexibility index (Phi) is 6.02. The normalized spacial score (nSPS) is 21.8. The maximum Gasteiger partial charge on any atom is 0.251 e. The van der Waals surface area contributed by atoms with E-state index in [-0.39, 0.29) is 18.8 Å². The van der Waals surface area contributed by atoms with E-state index < -0.39 is 0 Å². The first-order valence-electron chi connectivity index (χ1n) is 7.37. The van der Waals surface area contributed by atoms with Crippen molar-refractivity contribution >= 4 is 5.91 Å². The molecular formula is C16H23NO4. The molecule has 1 amide bonds. The average molecular weight is 293 g/mol. The number of carbonyl (C=O) groups excluding carboxylic acids is 1. The van der Waals surface area contributed by atoms with E-state index in [1.807, 2.05) is 0 Å². The number of aliphatic hydroxyl groups excluding tert-OH is 1. The molecule has 116 valence electrons. The van der Waals surface area contributed by atoms with E-state index >= 15 is 0 Å². The molecule has 1 aliphatic rings. The first-order chi connectivity index (χ1) is 10.2. The van der Waals surface area contributed by atoms with Crippen molar-refractivity contribution in [1.29, 1.82) is 0 Å². The van der Waals surface area contributed by atoms with Gasteiger partial charge in [-0.2, -0.15) is 0 Å². The number of rotatable bonds is 6. The number of amides is 1. The Hall–Kier alpha value is -1.59. The molecule has 2 rings (SSSR count). The van der Waals surface area contributed by atoms with Crippen LogP contribution >= 0.6 is 0 Å². The lowest BCUT2D eigenvalue weighted by molar-refractivity contribution is 0.0511. The zero-order valence-corrected chi connectivity index (χ0v) is 12.4. The highest BCUT2D eigenvalue weighted by Crippen LogP contribution is 2.23. The molecule has 1 aliphatic carbocycles. The number of aliphatic hydroxyl groups is 1. The molecule has 1 fully saturated rings. The number of benzene rings is 1. The third kappa shape index (κ3) is 5.02. The minimum atomic E-state index is -0.156. The number of carbonyl (C=O) groups is 1. The second-order valence-corrected chi connectivity index (χ2v) is 5.46. The smallest absolute Gasteiger partial charge is 0.251 e. The standard InChI is InChI=1S/C16H23NO4/c1-20-11-21-15-8-4-13(5-9-15)16(19)17-10-12-2-6-14(18)7-3-12/h4-5,8-9,12,14,18H,2-3,6-7,10-11H2,1H3,(H,17,19)/t12-,14+. The van der Waals surface area contributed by atoms with Gasteiger partial charge in [-0.05, 0) is 55.9 Å². The minimum absolute atomic E-state index is 0.0700. The van der Waals surface area contributed by atoms with Crippen LogP contribution in [0, 0.1) is 5.92 Å². The Morgan fingerprint density at radius 3 is 2.52 bits per heavy atom. The van der Waals surface area contributed by atoms with E-state index in [0.29, 0.717) is 23.8 Å². The van der Waals surface area contributed by atoms with Gasteiger partial charge in [0, 0.05) is 19.2 Å². The summed E-state index contributed by atoms with van der Waals surface area (Å²) < 4.78 is 10.1. The van der Waals surface area contributed by atoms with Crippen molar-refractivity contribution < 1.29 is 19.4 Å². The van der Waals surface area contributed by atoms with Gasteiger partial charge in [0.2, 0.25) is 0 Å². The van der Waals surface area contributed by atoms with Crippen molar-refractivity contribution in [2.24, 2.45) is 5.92 Å². The van der Waals surface area contributed by atoms with Gasteiger partial charge in [-0.25, -0.2) is 0 Å². The van der Waals surface area contributed by atoms with Gasteiger partial charge < -0.3 is 19.9 Å². The molecule has 5 heteroatoms. The Balaban J connectivity index is 1.77. The van der Waals surface area contributed by atoms with Crippen molar-refractivity contribution in [1.82, 2.24) is 5.32 Å². The monoisotopic (exact) mass is 293 g/mol. The molecule has 1 saturated carbocycles. The van der Waals surface area contributed by atoms with Gasteiger partial charge in [-0.15, -0.1) is 0 Å². The van der Waals surface area contributed by atoms with E-state index in [0.717, 1.165) is 25.7 Å². The minimum Gasteiger partial charge on any atom is -0.468 e. The third-order valence-electron chi connectivity index (χ3n) is 3.83. The Morgan fingerprint density at radius 2 is 1.90 bits per heavy atom. The van der Waals surface area contributed by atoms with Gasteiger partial charge in [0.15, 0.2) is 6.79 Å². The van der Waals surface area contributed by atoms with E-state index in [9.17, 15) is 9.90 Å². The van der Waals surface area contributed by atoms with Crippen molar-refractivity contribution in [3.63, 3.8) is 0 Å². The van der Waals surface area contributed by atoms with Crippen LogP contribution in [0.15, 0.2) is 24.3 Å². The fourth-order valence-corrected chi connectivity index (χ4v) is 2.52. The molecule has 0 atom stereocenters. The number of ether oxygens (including phenoxy) is 2. The summed E-state index contributed by atoms with van der Waals surface area (Å²) in [6.07, 6.45) is 3.48. The van der Waals surface area contributed by atoms with E-state index in [1.165, 1.54) is 0 Å². The van der Waals surface area contributed by atoms with Crippen molar-refractivity contribution in [2.45, 2.75) is 31.8 Å². The Morgan fingerprint density at radius 1 is 1.24 bits per heavy atom. The maximum atomic E-state index is 12.1. The van der Waals surface area contributed by atoms with Gasteiger partial charge in [-0.1, -0.05) is 0 Å². The second kappa shape index (κ2) is 8.00. The van der Waals surface area contributed by atoms with Gasteiger partial charge in [0.05, 0.1) is 6.10 Å². The first kappa shape index (κ1) is 15.8. The maximum absolute atomic E-state index is 12.1.